The molecular weight excluding hydrogens is 354 g/mol. The summed E-state index contributed by atoms with van der Waals surface area (Å²) in [5.74, 6) is 1.22. The van der Waals surface area contributed by atoms with Gasteiger partial charge in [0.2, 0.25) is 0 Å². The minimum Gasteiger partial charge on any atom is -0.465 e. The zero-order chi connectivity index (χ0) is 19.4. The first-order valence-electron chi connectivity index (χ1n) is 9.60. The van der Waals surface area contributed by atoms with Gasteiger partial charge in [0.15, 0.2) is 0 Å². The van der Waals surface area contributed by atoms with Crippen LogP contribution in [0.4, 0.5) is 4.79 Å². The lowest BCUT2D eigenvalue weighted by molar-refractivity contribution is -0.139. The van der Waals surface area contributed by atoms with Crippen molar-refractivity contribution in [3.8, 4) is 0 Å². The first-order chi connectivity index (χ1) is 12.3. The quantitative estimate of drug-likeness (QED) is 0.573. The molecule has 0 radical (unpaired) electrons. The smallest absolute Gasteiger partial charge is 0.407 e. The summed E-state index contributed by atoms with van der Waals surface area (Å²) in [6.45, 7) is 8.81. The van der Waals surface area contributed by atoms with E-state index in [-0.39, 0.29) is 17.8 Å². The van der Waals surface area contributed by atoms with Gasteiger partial charge < -0.3 is 19.5 Å². The molecule has 152 valence electrons. The second kappa shape index (κ2) is 12.4. The predicted molar refractivity (Wildman–Crippen MR) is 105 cm³/mol. The van der Waals surface area contributed by atoms with Gasteiger partial charge in [0.1, 0.15) is 5.60 Å². The van der Waals surface area contributed by atoms with Crippen molar-refractivity contribution in [1.82, 2.24) is 5.32 Å². The number of carbonyl (C=O) groups is 2. The van der Waals surface area contributed by atoms with Gasteiger partial charge in [0.05, 0.1) is 25.0 Å². The summed E-state index contributed by atoms with van der Waals surface area (Å²) in [5, 5.41) is 2.86. The zero-order valence-electron chi connectivity index (χ0n) is 16.7. The minimum absolute atomic E-state index is 0.201. The van der Waals surface area contributed by atoms with Crippen molar-refractivity contribution in [2.45, 2.75) is 71.4 Å². The van der Waals surface area contributed by atoms with E-state index in [1.54, 1.807) is 6.92 Å². The summed E-state index contributed by atoms with van der Waals surface area (Å²) < 4.78 is 16.1. The van der Waals surface area contributed by atoms with Gasteiger partial charge in [0.25, 0.3) is 0 Å². The Labute approximate surface area is 162 Å². The van der Waals surface area contributed by atoms with Crippen molar-refractivity contribution in [2.24, 2.45) is 5.92 Å². The summed E-state index contributed by atoms with van der Waals surface area (Å²) in [5.41, 5.74) is -0.546. The monoisotopic (exact) mass is 389 g/mol. The third kappa shape index (κ3) is 11.6. The molecule has 6 nitrogen and oxygen atoms in total. The molecular formula is C19H35NO5S. The SMILES string of the molecule is CCOC(=O)CSC[C@@H](COCC1CCCCC1)NC(=O)OC(C)(C)C. The van der Waals surface area contributed by atoms with E-state index in [1.165, 1.54) is 43.9 Å². The Morgan fingerprint density at radius 3 is 2.50 bits per heavy atom. The Balaban J connectivity index is 2.39. The zero-order valence-corrected chi connectivity index (χ0v) is 17.5. The van der Waals surface area contributed by atoms with Gasteiger partial charge in [-0.15, -0.1) is 11.8 Å². The van der Waals surface area contributed by atoms with Crippen LogP contribution in [0.2, 0.25) is 0 Å². The summed E-state index contributed by atoms with van der Waals surface area (Å²) in [7, 11) is 0. The Morgan fingerprint density at radius 1 is 1.19 bits per heavy atom. The van der Waals surface area contributed by atoms with Crippen LogP contribution in [0.1, 0.15) is 59.8 Å². The number of nitrogens with one attached hydrogen (secondary N) is 1. The van der Waals surface area contributed by atoms with Gasteiger partial charge in [-0.3, -0.25) is 4.79 Å². The first-order valence-corrected chi connectivity index (χ1v) is 10.8. The molecule has 0 unspecified atom stereocenters. The average Bonchev–Trinajstić information content (AvgIpc) is 2.54. The van der Waals surface area contributed by atoms with Crippen LogP contribution in [-0.2, 0) is 19.0 Å². The number of thioether (sulfide) groups is 1. The van der Waals surface area contributed by atoms with Crippen molar-refractivity contribution in [3.05, 3.63) is 0 Å². The van der Waals surface area contributed by atoms with Gasteiger partial charge in [-0.25, -0.2) is 4.79 Å². The van der Waals surface area contributed by atoms with Crippen LogP contribution >= 0.6 is 11.8 Å². The lowest BCUT2D eigenvalue weighted by Crippen LogP contribution is -2.43. The second-order valence-electron chi connectivity index (χ2n) is 7.70. The molecule has 1 aliphatic carbocycles. The fraction of sp³-hybridized carbons (Fsp3) is 0.895. The van der Waals surface area contributed by atoms with Gasteiger partial charge in [0, 0.05) is 12.4 Å². The van der Waals surface area contributed by atoms with Crippen LogP contribution in [0.5, 0.6) is 0 Å². The van der Waals surface area contributed by atoms with Crippen LogP contribution in [0.3, 0.4) is 0 Å². The topological polar surface area (TPSA) is 73.9 Å². The molecule has 1 aliphatic rings. The lowest BCUT2D eigenvalue weighted by Gasteiger charge is -2.25. The molecule has 0 spiro atoms. The Bertz CT molecular complexity index is 419. The maximum absolute atomic E-state index is 12.0. The van der Waals surface area contributed by atoms with Crippen molar-refractivity contribution < 1.29 is 23.8 Å². The maximum atomic E-state index is 12.0. The molecule has 0 aromatic carbocycles. The van der Waals surface area contributed by atoms with Crippen LogP contribution in [0.25, 0.3) is 0 Å². The molecule has 1 saturated carbocycles. The molecule has 0 aromatic rings. The van der Waals surface area contributed by atoms with E-state index in [4.69, 9.17) is 14.2 Å². The first kappa shape index (κ1) is 23.1. The maximum Gasteiger partial charge on any atom is 0.407 e. The molecule has 1 fully saturated rings. The fourth-order valence-electron chi connectivity index (χ4n) is 2.82. The number of rotatable bonds is 10. The molecule has 0 aromatic heterocycles. The number of hydrogen-bond acceptors (Lipinski definition) is 6. The highest BCUT2D eigenvalue weighted by Gasteiger charge is 2.21. The highest BCUT2D eigenvalue weighted by atomic mass is 32.2. The number of hydrogen-bond donors (Lipinski definition) is 1. The van der Waals surface area contributed by atoms with E-state index >= 15 is 0 Å². The van der Waals surface area contributed by atoms with E-state index in [0.29, 0.717) is 24.9 Å². The van der Waals surface area contributed by atoms with Crippen molar-refractivity contribution in [3.63, 3.8) is 0 Å². The summed E-state index contributed by atoms with van der Waals surface area (Å²) in [4.78, 5) is 23.5. The molecule has 1 rings (SSSR count). The molecule has 0 bridgehead atoms. The van der Waals surface area contributed by atoms with Crippen LogP contribution < -0.4 is 5.32 Å². The third-order valence-electron chi connectivity index (χ3n) is 3.96. The number of esters is 1. The summed E-state index contributed by atoms with van der Waals surface area (Å²) in [6.07, 6.45) is 5.87. The Morgan fingerprint density at radius 2 is 1.88 bits per heavy atom. The van der Waals surface area contributed by atoms with E-state index in [9.17, 15) is 9.59 Å². The molecule has 1 amide bonds. The van der Waals surface area contributed by atoms with Crippen molar-refractivity contribution in [1.29, 1.82) is 0 Å². The van der Waals surface area contributed by atoms with Gasteiger partial charge in [-0.2, -0.15) is 0 Å². The van der Waals surface area contributed by atoms with Gasteiger partial charge in [-0.05, 0) is 46.5 Å². The molecule has 26 heavy (non-hydrogen) atoms. The minimum atomic E-state index is -0.546. The molecule has 7 heteroatoms. The second-order valence-corrected chi connectivity index (χ2v) is 8.74. The standard InChI is InChI=1S/C19H35NO5S/c1-5-24-17(21)14-26-13-16(20-18(22)25-19(2,3)4)12-23-11-15-9-7-6-8-10-15/h15-16H,5-14H2,1-4H3,(H,20,22)/t16-/m1/s1. The van der Waals surface area contributed by atoms with Crippen molar-refractivity contribution >= 4 is 23.8 Å². The number of ether oxygens (including phenoxy) is 3. The van der Waals surface area contributed by atoms with Crippen LogP contribution in [0, 0.1) is 5.92 Å². The number of amides is 1. The van der Waals surface area contributed by atoms with E-state index < -0.39 is 11.7 Å². The molecule has 0 aliphatic heterocycles. The van der Waals surface area contributed by atoms with Crippen molar-refractivity contribution in [2.75, 3.05) is 31.3 Å². The van der Waals surface area contributed by atoms with Gasteiger partial charge in [-0.1, -0.05) is 19.3 Å². The average molecular weight is 390 g/mol. The number of alkyl carbamates (subject to hydrolysis) is 1. The predicted octanol–water partition coefficient (Wildman–Crippen LogP) is 3.77. The Hall–Kier alpha value is -0.950. The normalized spacial score (nSPS) is 16.8. The van der Waals surface area contributed by atoms with E-state index in [0.717, 1.165) is 6.61 Å². The third-order valence-corrected chi connectivity index (χ3v) is 5.04. The fourth-order valence-corrected chi connectivity index (χ4v) is 3.66. The van der Waals surface area contributed by atoms with E-state index in [1.807, 2.05) is 20.8 Å². The Kier molecular flexibility index (Phi) is 11.0. The highest BCUT2D eigenvalue weighted by Crippen LogP contribution is 2.23. The largest absolute Gasteiger partial charge is 0.465 e. The summed E-state index contributed by atoms with van der Waals surface area (Å²) >= 11 is 1.43. The molecule has 1 N–H and O–H groups in total. The molecule has 1 atom stereocenters. The summed E-state index contributed by atoms with van der Waals surface area (Å²) in [6, 6.07) is -0.201. The van der Waals surface area contributed by atoms with Crippen LogP contribution in [-0.4, -0.2) is 55.0 Å². The lowest BCUT2D eigenvalue weighted by atomic mass is 9.90. The van der Waals surface area contributed by atoms with E-state index in [2.05, 4.69) is 5.32 Å². The molecule has 0 saturated heterocycles. The highest BCUT2D eigenvalue weighted by molar-refractivity contribution is 7.99. The van der Waals surface area contributed by atoms with Crippen LogP contribution in [0.15, 0.2) is 0 Å². The molecule has 0 heterocycles. The van der Waals surface area contributed by atoms with Gasteiger partial charge >= 0.3 is 12.1 Å². The number of carbonyl (C=O) groups excluding carboxylic acids is 2.